The molecule has 1 atom stereocenters. The molecule has 3 N–H and O–H groups in total. The van der Waals surface area contributed by atoms with Crippen molar-refractivity contribution < 1.29 is 4.79 Å². The lowest BCUT2D eigenvalue weighted by atomic mass is 9.89. The number of carbonyl (C=O) groups excluding carboxylic acids is 1. The highest BCUT2D eigenvalue weighted by Gasteiger charge is 2.30. The van der Waals surface area contributed by atoms with E-state index in [0.717, 1.165) is 33.5 Å². The highest BCUT2D eigenvalue weighted by molar-refractivity contribution is 7.08. The van der Waals surface area contributed by atoms with Gasteiger partial charge in [-0.25, -0.2) is 4.79 Å². The second kappa shape index (κ2) is 7.28. The molecule has 0 radical (unpaired) electrons. The van der Waals surface area contributed by atoms with Gasteiger partial charge >= 0.3 is 6.03 Å². The van der Waals surface area contributed by atoms with E-state index in [-0.39, 0.29) is 12.1 Å². The SMILES string of the molecule is O=C1NC(c2cccnc2)=C(c2ccsc2)C(c2ccc(-c3nn[nH]n3)cc2)N1. The zero-order valence-electron chi connectivity index (χ0n) is 15.0. The topological polar surface area (TPSA) is 108 Å². The van der Waals surface area contributed by atoms with Crippen molar-refractivity contribution in [3.63, 3.8) is 0 Å². The first-order valence-electron chi connectivity index (χ1n) is 8.88. The van der Waals surface area contributed by atoms with Crippen LogP contribution in [0.25, 0.3) is 22.7 Å². The molecule has 2 amide bonds. The molecule has 5 rings (SSSR count). The Morgan fingerprint density at radius 1 is 1.00 bits per heavy atom. The van der Waals surface area contributed by atoms with Crippen molar-refractivity contribution >= 4 is 28.6 Å². The fourth-order valence-electron chi connectivity index (χ4n) is 3.39. The molecule has 9 heteroatoms. The molecule has 4 aromatic rings. The van der Waals surface area contributed by atoms with Crippen LogP contribution >= 0.6 is 11.3 Å². The summed E-state index contributed by atoms with van der Waals surface area (Å²) in [4.78, 5) is 16.7. The van der Waals surface area contributed by atoms with Crippen molar-refractivity contribution in [2.45, 2.75) is 6.04 Å². The van der Waals surface area contributed by atoms with Crippen LogP contribution in [0, 0.1) is 0 Å². The largest absolute Gasteiger partial charge is 0.327 e. The summed E-state index contributed by atoms with van der Waals surface area (Å²) in [5.41, 5.74) is 5.45. The van der Waals surface area contributed by atoms with Crippen molar-refractivity contribution in [2.24, 2.45) is 0 Å². The molecule has 0 saturated heterocycles. The number of pyridine rings is 1. The monoisotopic (exact) mass is 401 g/mol. The normalized spacial score (nSPS) is 16.4. The van der Waals surface area contributed by atoms with Gasteiger partial charge in [0.15, 0.2) is 0 Å². The summed E-state index contributed by atoms with van der Waals surface area (Å²) in [6, 6.07) is 13.1. The molecule has 1 aliphatic rings. The number of hydrogen-bond donors (Lipinski definition) is 3. The van der Waals surface area contributed by atoms with Gasteiger partial charge in [-0.1, -0.05) is 24.3 Å². The Bertz CT molecular complexity index is 1150. The molecule has 0 fully saturated rings. The van der Waals surface area contributed by atoms with E-state index < -0.39 is 0 Å². The smallest absolute Gasteiger partial charge is 0.320 e. The predicted molar refractivity (Wildman–Crippen MR) is 109 cm³/mol. The number of carbonyl (C=O) groups is 1. The molecular weight excluding hydrogens is 386 g/mol. The van der Waals surface area contributed by atoms with E-state index in [1.54, 1.807) is 23.7 Å². The highest BCUT2D eigenvalue weighted by atomic mass is 32.1. The van der Waals surface area contributed by atoms with Gasteiger partial charge in [0, 0.05) is 29.1 Å². The van der Waals surface area contributed by atoms with Crippen LogP contribution in [0.3, 0.4) is 0 Å². The Hall–Kier alpha value is -3.85. The number of tetrazole rings is 1. The van der Waals surface area contributed by atoms with E-state index in [4.69, 9.17) is 0 Å². The standard InChI is InChI=1S/C20H15N7OS/c28-20-22-17(12-3-5-13(6-4-12)19-24-26-27-25-19)16(15-7-9-29-11-15)18(23-20)14-2-1-8-21-10-14/h1-11,17H,(H2,22,23,28)(H,24,25,26,27). The minimum atomic E-state index is -0.312. The van der Waals surface area contributed by atoms with Crippen molar-refractivity contribution in [2.75, 3.05) is 0 Å². The Morgan fingerprint density at radius 2 is 1.90 bits per heavy atom. The van der Waals surface area contributed by atoms with Gasteiger partial charge in [-0.15, -0.1) is 10.2 Å². The van der Waals surface area contributed by atoms with E-state index in [0.29, 0.717) is 5.82 Å². The Kier molecular flexibility index (Phi) is 4.34. The van der Waals surface area contributed by atoms with Crippen LogP contribution in [0.5, 0.6) is 0 Å². The third-order valence-corrected chi connectivity index (χ3v) is 5.39. The summed E-state index contributed by atoms with van der Waals surface area (Å²) >= 11 is 1.61. The lowest BCUT2D eigenvalue weighted by Crippen LogP contribution is -2.42. The Morgan fingerprint density at radius 3 is 2.59 bits per heavy atom. The fourth-order valence-corrected chi connectivity index (χ4v) is 4.05. The summed E-state index contributed by atoms with van der Waals surface area (Å²) < 4.78 is 0. The first-order chi connectivity index (χ1) is 14.3. The van der Waals surface area contributed by atoms with Crippen molar-refractivity contribution in [3.8, 4) is 11.4 Å². The predicted octanol–water partition coefficient (Wildman–Crippen LogP) is 3.25. The van der Waals surface area contributed by atoms with Gasteiger partial charge in [0.1, 0.15) is 0 Å². The van der Waals surface area contributed by atoms with Crippen LogP contribution in [-0.4, -0.2) is 31.6 Å². The van der Waals surface area contributed by atoms with Crippen molar-refractivity contribution in [1.29, 1.82) is 0 Å². The Labute approximate surface area is 169 Å². The van der Waals surface area contributed by atoms with Gasteiger partial charge in [-0.2, -0.15) is 16.6 Å². The van der Waals surface area contributed by atoms with Gasteiger partial charge < -0.3 is 10.6 Å². The summed E-state index contributed by atoms with van der Waals surface area (Å²) in [5, 5.41) is 24.2. The molecule has 1 aliphatic heterocycles. The molecule has 0 bridgehead atoms. The third-order valence-electron chi connectivity index (χ3n) is 4.70. The molecule has 1 unspecified atom stereocenters. The summed E-state index contributed by atoms with van der Waals surface area (Å²) in [7, 11) is 0. The average molecular weight is 401 g/mol. The minimum absolute atomic E-state index is 0.255. The lowest BCUT2D eigenvalue weighted by Gasteiger charge is -2.30. The number of H-pyrrole nitrogens is 1. The number of nitrogens with one attached hydrogen (secondary N) is 3. The summed E-state index contributed by atoms with van der Waals surface area (Å²) in [6.07, 6.45) is 3.47. The minimum Gasteiger partial charge on any atom is -0.327 e. The van der Waals surface area contributed by atoms with Crippen molar-refractivity contribution in [3.05, 3.63) is 82.3 Å². The Balaban J connectivity index is 1.63. The summed E-state index contributed by atoms with van der Waals surface area (Å²) in [5.74, 6) is 0.524. The number of urea groups is 1. The molecule has 1 aromatic carbocycles. The van der Waals surface area contributed by atoms with Crippen LogP contribution in [0.4, 0.5) is 4.79 Å². The van der Waals surface area contributed by atoms with Crippen LogP contribution in [0.1, 0.15) is 22.7 Å². The van der Waals surface area contributed by atoms with Crippen molar-refractivity contribution in [1.82, 2.24) is 36.2 Å². The molecule has 3 aromatic heterocycles. The van der Waals surface area contributed by atoms with Gasteiger partial charge in [0.05, 0.1) is 11.7 Å². The van der Waals surface area contributed by atoms with E-state index in [9.17, 15) is 4.79 Å². The number of amides is 2. The fraction of sp³-hybridized carbons (Fsp3) is 0.0500. The van der Waals surface area contributed by atoms with Crippen LogP contribution in [0.15, 0.2) is 65.6 Å². The number of benzene rings is 1. The average Bonchev–Trinajstić information content (AvgIpc) is 3.48. The number of aromatic nitrogens is 5. The molecule has 0 saturated carbocycles. The van der Waals surface area contributed by atoms with Crippen LogP contribution < -0.4 is 10.6 Å². The zero-order chi connectivity index (χ0) is 19.6. The molecule has 29 heavy (non-hydrogen) atoms. The molecule has 0 aliphatic carbocycles. The number of hydrogen-bond acceptors (Lipinski definition) is 6. The maximum Gasteiger partial charge on any atom is 0.320 e. The number of aromatic amines is 1. The van der Waals surface area contributed by atoms with E-state index in [1.807, 2.05) is 41.8 Å². The first kappa shape index (κ1) is 17.3. The molecule has 4 heterocycles. The van der Waals surface area contributed by atoms with E-state index >= 15 is 0 Å². The quantitative estimate of drug-likeness (QED) is 0.486. The second-order valence-electron chi connectivity index (χ2n) is 6.43. The second-order valence-corrected chi connectivity index (χ2v) is 7.21. The molecule has 8 nitrogen and oxygen atoms in total. The van der Waals surface area contributed by atoms with Crippen LogP contribution in [0.2, 0.25) is 0 Å². The van der Waals surface area contributed by atoms with Gasteiger partial charge in [0.25, 0.3) is 0 Å². The summed E-state index contributed by atoms with van der Waals surface area (Å²) in [6.45, 7) is 0. The number of nitrogens with zero attached hydrogens (tertiary/aromatic N) is 4. The lowest BCUT2D eigenvalue weighted by molar-refractivity contribution is 0.242. The third kappa shape index (κ3) is 3.27. The van der Waals surface area contributed by atoms with Gasteiger partial charge in [-0.3, -0.25) is 4.98 Å². The van der Waals surface area contributed by atoms with E-state index in [1.165, 1.54) is 0 Å². The maximum atomic E-state index is 12.5. The highest BCUT2D eigenvalue weighted by Crippen LogP contribution is 2.38. The zero-order valence-corrected chi connectivity index (χ0v) is 15.9. The molecular formula is C20H15N7OS. The first-order valence-corrected chi connectivity index (χ1v) is 9.82. The van der Waals surface area contributed by atoms with E-state index in [2.05, 4.69) is 47.7 Å². The number of rotatable bonds is 4. The number of thiophene rings is 1. The van der Waals surface area contributed by atoms with Gasteiger partial charge in [-0.05, 0) is 45.3 Å². The van der Waals surface area contributed by atoms with Crippen LogP contribution in [-0.2, 0) is 0 Å². The maximum absolute atomic E-state index is 12.5. The molecule has 142 valence electrons. The van der Waals surface area contributed by atoms with Gasteiger partial charge in [0.2, 0.25) is 5.82 Å². The molecule has 0 spiro atoms.